The van der Waals surface area contributed by atoms with Gasteiger partial charge in [0.05, 0.1) is 5.69 Å². The summed E-state index contributed by atoms with van der Waals surface area (Å²) in [5.41, 5.74) is 8.57. The average molecular weight is 420 g/mol. The Morgan fingerprint density at radius 3 is 2.72 bits per heavy atom. The average Bonchev–Trinajstić information content (AvgIpc) is 3.10. The van der Waals surface area contributed by atoms with E-state index in [0.29, 0.717) is 32.5 Å². The van der Waals surface area contributed by atoms with Crippen LogP contribution in [0.25, 0.3) is 11.3 Å². The van der Waals surface area contributed by atoms with Crippen molar-refractivity contribution in [3.63, 3.8) is 0 Å². The molecule has 0 radical (unpaired) electrons. The van der Waals surface area contributed by atoms with Crippen LogP contribution in [0.15, 0.2) is 36.5 Å². The molecular formula is C20H29N4O4P. The molecule has 1 fully saturated rings. The van der Waals surface area contributed by atoms with Gasteiger partial charge in [-0.15, -0.1) is 0 Å². The van der Waals surface area contributed by atoms with Gasteiger partial charge in [-0.2, -0.15) is 5.10 Å². The molecule has 0 saturated carbocycles. The van der Waals surface area contributed by atoms with Crippen LogP contribution in [-0.2, 0) is 23.0 Å². The van der Waals surface area contributed by atoms with Gasteiger partial charge in [-0.3, -0.25) is 18.9 Å². The summed E-state index contributed by atoms with van der Waals surface area (Å²) in [6.45, 7) is 1.39. The van der Waals surface area contributed by atoms with Gasteiger partial charge in [0.15, 0.2) is 5.16 Å². The van der Waals surface area contributed by atoms with E-state index in [-0.39, 0.29) is 19.1 Å². The molecular weight excluding hydrogens is 391 g/mol. The predicted molar refractivity (Wildman–Crippen MR) is 112 cm³/mol. The number of aryl methyl sites for hydroxylation is 1. The maximum Gasteiger partial charge on any atom is 0.320 e. The lowest BCUT2D eigenvalue weighted by Crippen LogP contribution is -2.53. The number of aliphatic carboxylic acids is 1. The number of carbonyl (C=O) groups is 1. The van der Waals surface area contributed by atoms with E-state index in [4.69, 9.17) is 5.73 Å². The van der Waals surface area contributed by atoms with Gasteiger partial charge in [0, 0.05) is 44.6 Å². The van der Waals surface area contributed by atoms with E-state index in [2.05, 4.69) is 5.10 Å². The highest BCUT2D eigenvalue weighted by Gasteiger charge is 2.56. The molecule has 1 aromatic carbocycles. The van der Waals surface area contributed by atoms with E-state index >= 15 is 0 Å². The topological polar surface area (TPSA) is 122 Å². The van der Waals surface area contributed by atoms with Crippen molar-refractivity contribution in [1.82, 2.24) is 14.7 Å². The van der Waals surface area contributed by atoms with Gasteiger partial charge in [-0.1, -0.05) is 30.7 Å². The summed E-state index contributed by atoms with van der Waals surface area (Å²) in [5.74, 6) is -1.19. The molecule has 4 N–H and O–H groups in total. The van der Waals surface area contributed by atoms with E-state index in [9.17, 15) is 19.4 Å². The second kappa shape index (κ2) is 8.79. The lowest BCUT2D eigenvalue weighted by Gasteiger charge is -2.43. The van der Waals surface area contributed by atoms with Crippen LogP contribution in [0.1, 0.15) is 24.8 Å². The van der Waals surface area contributed by atoms with Gasteiger partial charge in [0.2, 0.25) is 7.37 Å². The molecule has 158 valence electrons. The van der Waals surface area contributed by atoms with Crippen LogP contribution >= 0.6 is 7.37 Å². The molecule has 3 rings (SSSR count). The molecule has 0 bridgehead atoms. The number of carboxylic acids is 1. The molecule has 9 heteroatoms. The number of hydrogen-bond acceptors (Lipinski definition) is 5. The van der Waals surface area contributed by atoms with Crippen LogP contribution in [0.3, 0.4) is 0 Å². The van der Waals surface area contributed by atoms with E-state index in [1.165, 1.54) is 0 Å². The minimum Gasteiger partial charge on any atom is -0.480 e. The van der Waals surface area contributed by atoms with Crippen LogP contribution in [-0.4, -0.2) is 61.6 Å². The second-order valence-electron chi connectivity index (χ2n) is 7.72. The Morgan fingerprint density at radius 1 is 1.31 bits per heavy atom. The largest absolute Gasteiger partial charge is 0.480 e. The van der Waals surface area contributed by atoms with Crippen molar-refractivity contribution in [2.45, 2.75) is 31.0 Å². The Balaban J connectivity index is 1.87. The van der Waals surface area contributed by atoms with Crippen LogP contribution < -0.4 is 5.73 Å². The highest BCUT2D eigenvalue weighted by Crippen LogP contribution is 2.59. The van der Waals surface area contributed by atoms with E-state index in [1.807, 2.05) is 42.3 Å². The van der Waals surface area contributed by atoms with Gasteiger partial charge in [0.25, 0.3) is 0 Å². The molecule has 2 aromatic rings. The first-order chi connectivity index (χ1) is 13.8. The fourth-order valence-corrected chi connectivity index (χ4v) is 6.32. The zero-order valence-corrected chi connectivity index (χ0v) is 17.6. The first-order valence-electron chi connectivity index (χ1n) is 9.85. The Morgan fingerprint density at radius 2 is 2.07 bits per heavy atom. The minimum atomic E-state index is -3.83. The van der Waals surface area contributed by atoms with Crippen molar-refractivity contribution in [3.05, 3.63) is 42.1 Å². The van der Waals surface area contributed by atoms with E-state index in [0.717, 1.165) is 16.8 Å². The van der Waals surface area contributed by atoms with Crippen molar-refractivity contribution >= 4 is 13.3 Å². The van der Waals surface area contributed by atoms with Crippen molar-refractivity contribution in [2.75, 3.05) is 25.8 Å². The third-order valence-corrected chi connectivity index (χ3v) is 8.52. The molecule has 1 unspecified atom stereocenters. The fourth-order valence-electron chi connectivity index (χ4n) is 4.11. The van der Waals surface area contributed by atoms with Crippen LogP contribution in [0.5, 0.6) is 0 Å². The third kappa shape index (κ3) is 4.31. The van der Waals surface area contributed by atoms with Crippen molar-refractivity contribution in [1.29, 1.82) is 0 Å². The summed E-state index contributed by atoms with van der Waals surface area (Å²) in [5, 5.41) is 12.5. The highest BCUT2D eigenvalue weighted by molar-refractivity contribution is 7.61. The zero-order valence-electron chi connectivity index (χ0n) is 16.7. The first kappa shape index (κ1) is 21.7. The first-order valence-corrected chi connectivity index (χ1v) is 11.7. The molecule has 0 spiro atoms. The van der Waals surface area contributed by atoms with Gasteiger partial charge in [-0.05, 0) is 31.0 Å². The number of carboxylic acid groups (broad SMARTS) is 1. The van der Waals surface area contributed by atoms with Crippen molar-refractivity contribution in [2.24, 2.45) is 12.8 Å². The minimum absolute atomic E-state index is 0.0181. The normalized spacial score (nSPS) is 25.2. The molecule has 1 aliphatic heterocycles. The number of unbranched alkanes of at least 4 members (excludes halogenated alkanes) is 1. The monoisotopic (exact) mass is 420 g/mol. The fraction of sp³-hybridized carbons (Fsp3) is 0.500. The summed E-state index contributed by atoms with van der Waals surface area (Å²) < 4.78 is 14.7. The third-order valence-electron chi connectivity index (χ3n) is 5.82. The van der Waals surface area contributed by atoms with Crippen LogP contribution in [0, 0.1) is 0 Å². The van der Waals surface area contributed by atoms with Gasteiger partial charge >= 0.3 is 5.97 Å². The highest BCUT2D eigenvalue weighted by atomic mass is 31.2. The number of benzene rings is 1. The molecule has 1 saturated heterocycles. The quantitative estimate of drug-likeness (QED) is 0.442. The molecule has 1 aromatic heterocycles. The smallest absolute Gasteiger partial charge is 0.320 e. The Kier molecular flexibility index (Phi) is 6.58. The molecule has 2 heterocycles. The summed E-state index contributed by atoms with van der Waals surface area (Å²) in [7, 11) is -1.95. The molecule has 2 atom stereocenters. The lowest BCUT2D eigenvalue weighted by molar-refractivity contribution is -0.141. The standard InChI is InChI=1S/C20H29N4O4P/c1-23-18(8-11-22-23)17-7-3-2-6-16(17)14-24-12-13-29(27,28)20(15-24,19(25)26)9-4-5-10-21/h2-3,6-8,11H,4-5,9-10,12-15,21H2,1H3,(H,25,26)(H,27,28)/t20-/m0/s1. The molecule has 29 heavy (non-hydrogen) atoms. The molecule has 0 aliphatic carbocycles. The second-order valence-corrected chi connectivity index (χ2v) is 10.4. The molecule has 0 amide bonds. The number of hydrogen-bond donors (Lipinski definition) is 3. The Hall–Kier alpha value is -1.99. The zero-order chi connectivity index (χ0) is 21.1. The van der Waals surface area contributed by atoms with Crippen molar-refractivity contribution in [3.8, 4) is 11.3 Å². The van der Waals surface area contributed by atoms with Gasteiger partial charge < -0.3 is 15.7 Å². The van der Waals surface area contributed by atoms with E-state index < -0.39 is 18.5 Å². The van der Waals surface area contributed by atoms with Crippen molar-refractivity contribution < 1.29 is 19.4 Å². The summed E-state index contributed by atoms with van der Waals surface area (Å²) >= 11 is 0. The summed E-state index contributed by atoms with van der Waals surface area (Å²) in [6, 6.07) is 9.86. The van der Waals surface area contributed by atoms with Gasteiger partial charge in [-0.25, -0.2) is 0 Å². The predicted octanol–water partition coefficient (Wildman–Crippen LogP) is 2.13. The SMILES string of the molecule is Cn1nccc1-c1ccccc1CN1CCP(=O)(O)[C@](CCCCN)(C(=O)O)C1. The van der Waals surface area contributed by atoms with E-state index in [1.54, 1.807) is 10.9 Å². The Bertz CT molecular complexity index is 915. The number of aromatic nitrogens is 2. The summed E-state index contributed by atoms with van der Waals surface area (Å²) in [6.07, 6.45) is 3.04. The maximum absolute atomic E-state index is 12.9. The van der Waals surface area contributed by atoms with Crippen LogP contribution in [0.4, 0.5) is 0 Å². The molecule has 8 nitrogen and oxygen atoms in total. The maximum atomic E-state index is 12.9. The number of nitrogens with two attached hydrogens (primary N) is 1. The lowest BCUT2D eigenvalue weighted by atomic mass is 9.98. The Labute approximate surface area is 170 Å². The summed E-state index contributed by atoms with van der Waals surface area (Å²) in [4.78, 5) is 24.7. The number of rotatable bonds is 8. The van der Waals surface area contributed by atoms with Crippen LogP contribution in [0.2, 0.25) is 0 Å². The number of nitrogens with zero attached hydrogens (tertiary/aromatic N) is 3. The molecule has 1 aliphatic rings. The van der Waals surface area contributed by atoms with Gasteiger partial charge in [0.1, 0.15) is 0 Å².